The summed E-state index contributed by atoms with van der Waals surface area (Å²) >= 11 is 0. The highest BCUT2D eigenvalue weighted by Crippen LogP contribution is 2.31. The van der Waals surface area contributed by atoms with Gasteiger partial charge in [-0.2, -0.15) is 13.2 Å². The van der Waals surface area contributed by atoms with Crippen LogP contribution in [0.15, 0.2) is 53.1 Å². The highest BCUT2D eigenvalue weighted by atomic mass is 19.4. The first-order valence-corrected chi connectivity index (χ1v) is 8.21. The molecule has 0 fully saturated rings. The van der Waals surface area contributed by atoms with Crippen LogP contribution in [0.25, 0.3) is 11.0 Å². The van der Waals surface area contributed by atoms with Crippen LogP contribution in [0.1, 0.15) is 36.5 Å². The van der Waals surface area contributed by atoms with Gasteiger partial charge in [0, 0.05) is 16.6 Å². The van der Waals surface area contributed by atoms with Gasteiger partial charge in [-0.1, -0.05) is 26.0 Å². The molecule has 0 aliphatic heterocycles. The van der Waals surface area contributed by atoms with Gasteiger partial charge in [-0.05, 0) is 41.8 Å². The third-order valence-corrected chi connectivity index (χ3v) is 4.17. The van der Waals surface area contributed by atoms with E-state index in [1.165, 1.54) is 18.4 Å². The second-order valence-electron chi connectivity index (χ2n) is 6.47. The van der Waals surface area contributed by atoms with Crippen molar-refractivity contribution in [2.75, 3.05) is 5.32 Å². The number of amides is 1. The molecule has 0 saturated carbocycles. The zero-order valence-electron chi connectivity index (χ0n) is 14.4. The minimum Gasteiger partial charge on any atom is -0.464 e. The van der Waals surface area contributed by atoms with Gasteiger partial charge in [-0.25, -0.2) is 0 Å². The highest BCUT2D eigenvalue weighted by molar-refractivity contribution is 5.95. The van der Waals surface area contributed by atoms with Crippen LogP contribution in [0.3, 0.4) is 0 Å². The van der Waals surface area contributed by atoms with E-state index in [9.17, 15) is 18.0 Å². The van der Waals surface area contributed by atoms with E-state index in [4.69, 9.17) is 4.42 Å². The van der Waals surface area contributed by atoms with E-state index in [2.05, 4.69) is 19.2 Å². The van der Waals surface area contributed by atoms with Gasteiger partial charge in [0.15, 0.2) is 0 Å². The average Bonchev–Trinajstić information content (AvgIpc) is 2.96. The Kier molecular flexibility index (Phi) is 4.76. The molecule has 3 rings (SSSR count). The Morgan fingerprint density at radius 3 is 2.62 bits per heavy atom. The maximum Gasteiger partial charge on any atom is 0.416 e. The number of benzene rings is 2. The van der Waals surface area contributed by atoms with Crippen molar-refractivity contribution >= 4 is 22.6 Å². The Labute approximate surface area is 148 Å². The van der Waals surface area contributed by atoms with Crippen molar-refractivity contribution in [1.29, 1.82) is 0 Å². The molecule has 1 heterocycles. The summed E-state index contributed by atoms with van der Waals surface area (Å²) in [5.41, 5.74) is 1.81. The summed E-state index contributed by atoms with van der Waals surface area (Å²) in [7, 11) is 0. The number of carbonyl (C=O) groups is 1. The molecule has 1 amide bonds. The summed E-state index contributed by atoms with van der Waals surface area (Å²) in [6.45, 7) is 4.14. The Morgan fingerprint density at radius 1 is 1.15 bits per heavy atom. The lowest BCUT2D eigenvalue weighted by Crippen LogP contribution is -2.15. The molecule has 0 unspecified atom stereocenters. The normalized spacial score (nSPS) is 11.9. The fourth-order valence-electron chi connectivity index (χ4n) is 2.75. The number of anilines is 1. The van der Waals surface area contributed by atoms with Crippen LogP contribution in [0.4, 0.5) is 18.9 Å². The number of fused-ring (bicyclic) bond motifs is 1. The number of nitrogens with one attached hydrogen (secondary N) is 1. The minimum atomic E-state index is -4.45. The van der Waals surface area contributed by atoms with Crippen molar-refractivity contribution in [2.45, 2.75) is 32.4 Å². The lowest BCUT2D eigenvalue weighted by Gasteiger charge is -2.10. The number of halogens is 3. The molecule has 3 nitrogen and oxygen atoms in total. The summed E-state index contributed by atoms with van der Waals surface area (Å²) in [5.74, 6) is -0.0666. The lowest BCUT2D eigenvalue weighted by atomic mass is 10.00. The molecular weight excluding hydrogens is 343 g/mol. The predicted molar refractivity (Wildman–Crippen MR) is 94.1 cm³/mol. The molecule has 1 N–H and O–H groups in total. The lowest BCUT2D eigenvalue weighted by molar-refractivity contribution is -0.137. The summed E-state index contributed by atoms with van der Waals surface area (Å²) < 4.78 is 43.8. The molecule has 0 saturated heterocycles. The van der Waals surface area contributed by atoms with Crippen LogP contribution >= 0.6 is 0 Å². The summed E-state index contributed by atoms with van der Waals surface area (Å²) in [6, 6.07) is 10.4. The second kappa shape index (κ2) is 6.86. The van der Waals surface area contributed by atoms with E-state index in [1.807, 2.05) is 18.2 Å². The minimum absolute atomic E-state index is 0.0186. The molecule has 0 aliphatic carbocycles. The molecule has 136 valence electrons. The first-order chi connectivity index (χ1) is 12.2. The van der Waals surface area contributed by atoms with Gasteiger partial charge in [0.05, 0.1) is 18.2 Å². The van der Waals surface area contributed by atoms with Gasteiger partial charge in [-0.3, -0.25) is 4.79 Å². The molecule has 2 aromatic carbocycles. The molecule has 0 aliphatic rings. The number of hydrogen-bond acceptors (Lipinski definition) is 2. The van der Waals surface area contributed by atoms with E-state index < -0.39 is 17.6 Å². The quantitative estimate of drug-likeness (QED) is 0.642. The summed E-state index contributed by atoms with van der Waals surface area (Å²) in [6.07, 6.45) is -2.92. The van der Waals surface area contributed by atoms with Crippen molar-refractivity contribution in [2.24, 2.45) is 0 Å². The number of furan rings is 1. The van der Waals surface area contributed by atoms with Crippen molar-refractivity contribution in [3.63, 3.8) is 0 Å². The molecule has 6 heteroatoms. The van der Waals surface area contributed by atoms with Gasteiger partial charge < -0.3 is 9.73 Å². The maximum absolute atomic E-state index is 12.8. The van der Waals surface area contributed by atoms with Crippen LogP contribution in [-0.4, -0.2) is 5.91 Å². The van der Waals surface area contributed by atoms with E-state index in [1.54, 1.807) is 0 Å². The highest BCUT2D eigenvalue weighted by Gasteiger charge is 2.30. The SMILES string of the molecule is CC(C)c1ccc2occ(CC(=O)Nc3cccc(C(F)(F)F)c3)c2c1. The van der Waals surface area contributed by atoms with E-state index in [-0.39, 0.29) is 12.1 Å². The van der Waals surface area contributed by atoms with Crippen LogP contribution in [0.5, 0.6) is 0 Å². The third kappa shape index (κ3) is 3.90. The fourth-order valence-corrected chi connectivity index (χ4v) is 2.75. The van der Waals surface area contributed by atoms with Crippen LogP contribution < -0.4 is 5.32 Å². The van der Waals surface area contributed by atoms with E-state index in [0.717, 1.165) is 23.1 Å². The number of carbonyl (C=O) groups excluding carboxylic acids is 1. The van der Waals surface area contributed by atoms with Crippen molar-refractivity contribution < 1.29 is 22.4 Å². The molecule has 26 heavy (non-hydrogen) atoms. The zero-order chi connectivity index (χ0) is 18.9. The maximum atomic E-state index is 12.8. The van der Waals surface area contributed by atoms with Gasteiger partial charge in [0.25, 0.3) is 0 Å². The first kappa shape index (κ1) is 18.0. The smallest absolute Gasteiger partial charge is 0.416 e. The standard InChI is InChI=1S/C20H18F3NO2/c1-12(2)13-6-7-18-17(8-13)14(11-26-18)9-19(25)24-16-5-3-4-15(10-16)20(21,22)23/h3-8,10-12H,9H2,1-2H3,(H,24,25). The number of hydrogen-bond donors (Lipinski definition) is 1. The van der Waals surface area contributed by atoms with Crippen LogP contribution in [0.2, 0.25) is 0 Å². The monoisotopic (exact) mass is 361 g/mol. The topological polar surface area (TPSA) is 42.2 Å². The summed E-state index contributed by atoms with van der Waals surface area (Å²) in [4.78, 5) is 12.3. The Morgan fingerprint density at radius 2 is 1.92 bits per heavy atom. The Bertz CT molecular complexity index is 942. The number of alkyl halides is 3. The zero-order valence-corrected chi connectivity index (χ0v) is 14.4. The molecule has 0 radical (unpaired) electrons. The molecular formula is C20H18F3NO2. The largest absolute Gasteiger partial charge is 0.464 e. The van der Waals surface area contributed by atoms with Crippen molar-refractivity contribution in [1.82, 2.24) is 0 Å². The van der Waals surface area contributed by atoms with Crippen molar-refractivity contribution in [3.05, 3.63) is 65.4 Å². The van der Waals surface area contributed by atoms with E-state index >= 15 is 0 Å². The average molecular weight is 361 g/mol. The Hall–Kier alpha value is -2.76. The third-order valence-electron chi connectivity index (χ3n) is 4.17. The van der Waals surface area contributed by atoms with Crippen molar-refractivity contribution in [3.8, 4) is 0 Å². The second-order valence-corrected chi connectivity index (χ2v) is 6.47. The molecule has 1 aromatic heterocycles. The van der Waals surface area contributed by atoms with Gasteiger partial charge in [0.1, 0.15) is 5.58 Å². The fraction of sp³-hybridized carbons (Fsp3) is 0.250. The first-order valence-electron chi connectivity index (χ1n) is 8.21. The Balaban J connectivity index is 1.78. The molecule has 0 spiro atoms. The van der Waals surface area contributed by atoms with Gasteiger partial charge in [-0.15, -0.1) is 0 Å². The molecule has 0 bridgehead atoms. The predicted octanol–water partition coefficient (Wildman–Crippen LogP) is 5.76. The molecule has 3 aromatic rings. The summed E-state index contributed by atoms with van der Waals surface area (Å²) in [5, 5.41) is 3.36. The number of rotatable bonds is 4. The van der Waals surface area contributed by atoms with Crippen LogP contribution in [0, 0.1) is 0 Å². The molecule has 0 atom stereocenters. The van der Waals surface area contributed by atoms with Crippen LogP contribution in [-0.2, 0) is 17.4 Å². The van der Waals surface area contributed by atoms with Gasteiger partial charge in [0.2, 0.25) is 5.91 Å². The van der Waals surface area contributed by atoms with Gasteiger partial charge >= 0.3 is 6.18 Å². The van der Waals surface area contributed by atoms with E-state index in [0.29, 0.717) is 17.1 Å².